The van der Waals surface area contributed by atoms with E-state index in [4.69, 9.17) is 5.73 Å². The van der Waals surface area contributed by atoms with Crippen LogP contribution in [0.4, 0.5) is 0 Å². The third-order valence-corrected chi connectivity index (χ3v) is 3.12. The summed E-state index contributed by atoms with van der Waals surface area (Å²) in [4.78, 5) is 10.9. The zero-order valence-electron chi connectivity index (χ0n) is 10.3. The Morgan fingerprint density at radius 3 is 2.50 bits per heavy atom. The fourth-order valence-corrected chi connectivity index (χ4v) is 2.71. The molecular weight excluding hydrogens is 222 g/mol. The van der Waals surface area contributed by atoms with E-state index in [1.165, 1.54) is 11.3 Å². The summed E-state index contributed by atoms with van der Waals surface area (Å²) >= 11 is 1.30. The molecule has 1 unspecified atom stereocenters. The zero-order chi connectivity index (χ0) is 12.3. The highest BCUT2D eigenvalue weighted by Crippen LogP contribution is 2.26. The maximum Gasteiger partial charge on any atom is 0.279 e. The third-order valence-electron chi connectivity index (χ3n) is 2.16. The Morgan fingerprint density at radius 1 is 1.44 bits per heavy atom. The number of primary amides is 1. The first-order valence-electron chi connectivity index (χ1n) is 5.40. The SMILES string of the molecule is CC(Cc1nnc(C(N)=O)s1)CC(C)(C)C. The van der Waals surface area contributed by atoms with E-state index in [9.17, 15) is 4.79 Å². The van der Waals surface area contributed by atoms with E-state index in [0.717, 1.165) is 17.8 Å². The smallest absolute Gasteiger partial charge is 0.279 e. The molecule has 0 fully saturated rings. The molecule has 0 aliphatic heterocycles. The molecule has 1 rings (SSSR count). The summed E-state index contributed by atoms with van der Waals surface area (Å²) in [5, 5.41) is 8.93. The van der Waals surface area contributed by atoms with Crippen molar-refractivity contribution in [3.63, 3.8) is 0 Å². The van der Waals surface area contributed by atoms with Crippen molar-refractivity contribution in [3.8, 4) is 0 Å². The maximum absolute atomic E-state index is 10.9. The predicted octanol–water partition coefficient (Wildman–Crippen LogP) is 2.25. The van der Waals surface area contributed by atoms with Crippen LogP contribution < -0.4 is 5.73 Å². The van der Waals surface area contributed by atoms with Gasteiger partial charge < -0.3 is 5.73 Å². The number of aromatic nitrogens is 2. The van der Waals surface area contributed by atoms with Gasteiger partial charge in [0.15, 0.2) is 0 Å². The Kier molecular flexibility index (Phi) is 4.02. The molecule has 4 nitrogen and oxygen atoms in total. The molecule has 1 aromatic rings. The maximum atomic E-state index is 10.9. The summed E-state index contributed by atoms with van der Waals surface area (Å²) in [6, 6.07) is 0. The van der Waals surface area contributed by atoms with Crippen LogP contribution in [0, 0.1) is 11.3 Å². The number of carbonyl (C=O) groups excluding carboxylic acids is 1. The van der Waals surface area contributed by atoms with Gasteiger partial charge >= 0.3 is 0 Å². The molecule has 1 amide bonds. The molecular formula is C11H19N3OS. The molecule has 0 radical (unpaired) electrons. The Bertz CT molecular complexity index is 368. The van der Waals surface area contributed by atoms with E-state index >= 15 is 0 Å². The van der Waals surface area contributed by atoms with Gasteiger partial charge in [-0.2, -0.15) is 0 Å². The number of rotatable bonds is 4. The average molecular weight is 241 g/mol. The van der Waals surface area contributed by atoms with Gasteiger partial charge in [-0.3, -0.25) is 4.79 Å². The minimum Gasteiger partial charge on any atom is -0.363 e. The average Bonchev–Trinajstić information content (AvgIpc) is 2.48. The lowest BCUT2D eigenvalue weighted by Gasteiger charge is -2.22. The molecule has 0 saturated carbocycles. The van der Waals surface area contributed by atoms with Crippen LogP contribution in [0.1, 0.15) is 48.9 Å². The van der Waals surface area contributed by atoms with Crippen molar-refractivity contribution >= 4 is 17.2 Å². The lowest BCUT2D eigenvalue weighted by atomic mass is 9.84. The van der Waals surface area contributed by atoms with Crippen molar-refractivity contribution < 1.29 is 4.79 Å². The molecule has 0 bridgehead atoms. The van der Waals surface area contributed by atoms with Crippen molar-refractivity contribution in [2.45, 2.75) is 40.5 Å². The topological polar surface area (TPSA) is 68.9 Å². The third kappa shape index (κ3) is 4.26. The van der Waals surface area contributed by atoms with Crippen molar-refractivity contribution in [2.24, 2.45) is 17.1 Å². The monoisotopic (exact) mass is 241 g/mol. The van der Waals surface area contributed by atoms with Gasteiger partial charge in [0, 0.05) is 6.42 Å². The first-order valence-corrected chi connectivity index (χ1v) is 6.22. The Hall–Kier alpha value is -0.970. The van der Waals surface area contributed by atoms with E-state index in [1.54, 1.807) is 0 Å². The molecule has 90 valence electrons. The van der Waals surface area contributed by atoms with Crippen molar-refractivity contribution in [3.05, 3.63) is 10.0 Å². The van der Waals surface area contributed by atoms with Crippen LogP contribution in [0.25, 0.3) is 0 Å². The fraction of sp³-hybridized carbons (Fsp3) is 0.727. The lowest BCUT2D eigenvalue weighted by molar-refractivity contribution is 0.0999. The normalized spacial score (nSPS) is 13.8. The minimum absolute atomic E-state index is 0.304. The van der Waals surface area contributed by atoms with Gasteiger partial charge in [0.1, 0.15) is 5.01 Å². The van der Waals surface area contributed by atoms with E-state index < -0.39 is 5.91 Å². The molecule has 0 saturated heterocycles. The van der Waals surface area contributed by atoms with Crippen LogP contribution in [-0.2, 0) is 6.42 Å². The summed E-state index contributed by atoms with van der Waals surface area (Å²) < 4.78 is 0. The highest BCUT2D eigenvalue weighted by molar-refractivity contribution is 7.13. The van der Waals surface area contributed by atoms with Crippen LogP contribution in [0.2, 0.25) is 0 Å². The molecule has 0 aliphatic rings. The summed E-state index contributed by atoms with van der Waals surface area (Å²) in [7, 11) is 0. The van der Waals surface area contributed by atoms with Crippen LogP contribution in [0.15, 0.2) is 0 Å². The van der Waals surface area contributed by atoms with Gasteiger partial charge in [0.25, 0.3) is 5.91 Å². The molecule has 0 spiro atoms. The molecule has 2 N–H and O–H groups in total. The van der Waals surface area contributed by atoms with Gasteiger partial charge in [-0.1, -0.05) is 39.0 Å². The molecule has 16 heavy (non-hydrogen) atoms. The quantitative estimate of drug-likeness (QED) is 0.879. The van der Waals surface area contributed by atoms with E-state index in [2.05, 4.69) is 37.9 Å². The number of nitrogens with zero attached hydrogens (tertiary/aromatic N) is 2. The van der Waals surface area contributed by atoms with E-state index in [-0.39, 0.29) is 0 Å². The largest absolute Gasteiger partial charge is 0.363 e. The van der Waals surface area contributed by atoms with Crippen LogP contribution in [0.3, 0.4) is 0 Å². The van der Waals surface area contributed by atoms with E-state index in [1.807, 2.05) is 0 Å². The molecule has 1 heterocycles. The Balaban J connectivity index is 2.56. The van der Waals surface area contributed by atoms with Crippen molar-refractivity contribution in [1.29, 1.82) is 0 Å². The summed E-state index contributed by atoms with van der Waals surface area (Å²) in [6.07, 6.45) is 1.99. The molecule has 0 aliphatic carbocycles. The van der Waals surface area contributed by atoms with Crippen LogP contribution in [-0.4, -0.2) is 16.1 Å². The lowest BCUT2D eigenvalue weighted by Crippen LogP contribution is -2.12. The van der Waals surface area contributed by atoms with Crippen molar-refractivity contribution in [1.82, 2.24) is 10.2 Å². The summed E-state index contributed by atoms with van der Waals surface area (Å²) in [6.45, 7) is 8.85. The molecule has 1 atom stereocenters. The van der Waals surface area contributed by atoms with Gasteiger partial charge in [0.05, 0.1) is 0 Å². The molecule has 5 heteroatoms. The second kappa shape index (κ2) is 4.91. The zero-order valence-corrected chi connectivity index (χ0v) is 11.1. The van der Waals surface area contributed by atoms with E-state index in [0.29, 0.717) is 16.3 Å². The molecule has 0 aromatic carbocycles. The van der Waals surface area contributed by atoms with Gasteiger partial charge in [-0.25, -0.2) is 0 Å². The first-order chi connectivity index (χ1) is 7.28. The number of hydrogen-bond donors (Lipinski definition) is 1. The van der Waals surface area contributed by atoms with Crippen molar-refractivity contribution in [2.75, 3.05) is 0 Å². The second-order valence-corrected chi connectivity index (χ2v) is 6.50. The van der Waals surface area contributed by atoms with Crippen LogP contribution in [0.5, 0.6) is 0 Å². The van der Waals surface area contributed by atoms with Gasteiger partial charge in [0.2, 0.25) is 5.01 Å². The predicted molar refractivity (Wildman–Crippen MR) is 65.4 cm³/mol. The highest BCUT2D eigenvalue weighted by atomic mass is 32.1. The standard InChI is InChI=1S/C11H19N3OS/c1-7(6-11(2,3)4)5-8-13-14-10(16-8)9(12)15/h7H,5-6H2,1-4H3,(H2,12,15). The second-order valence-electron chi connectivity index (χ2n) is 5.44. The van der Waals surface area contributed by atoms with Gasteiger partial charge in [-0.15, -0.1) is 10.2 Å². The number of hydrogen-bond acceptors (Lipinski definition) is 4. The minimum atomic E-state index is -0.493. The highest BCUT2D eigenvalue weighted by Gasteiger charge is 2.17. The fourth-order valence-electron chi connectivity index (χ4n) is 1.85. The number of amides is 1. The summed E-state index contributed by atoms with van der Waals surface area (Å²) in [5.41, 5.74) is 5.44. The number of carbonyl (C=O) groups is 1. The summed E-state index contributed by atoms with van der Waals surface area (Å²) in [5.74, 6) is 0.0425. The van der Waals surface area contributed by atoms with Crippen LogP contribution >= 0.6 is 11.3 Å². The number of nitrogens with two attached hydrogens (primary N) is 1. The first kappa shape index (κ1) is 13.1. The Morgan fingerprint density at radius 2 is 2.06 bits per heavy atom. The Labute approximate surface area is 100 Å². The molecule has 1 aromatic heterocycles. The van der Waals surface area contributed by atoms with Gasteiger partial charge in [-0.05, 0) is 17.8 Å².